The fourth-order valence-corrected chi connectivity index (χ4v) is 12.3. The van der Waals surface area contributed by atoms with Gasteiger partial charge in [0.05, 0.1) is 0 Å². The van der Waals surface area contributed by atoms with Crippen molar-refractivity contribution in [1.29, 1.82) is 0 Å². The van der Waals surface area contributed by atoms with Gasteiger partial charge in [-0.1, -0.05) is 104 Å². The number of fused-ring (bicyclic) bond motifs is 5. The predicted octanol–water partition coefficient (Wildman–Crippen LogP) is 12.0. The molecule has 2 N–H and O–H groups in total. The third-order valence-electron chi connectivity index (χ3n) is 15.5. The third kappa shape index (κ3) is 13.1. The molecule has 0 aromatic carbocycles. The Hall–Kier alpha value is -1.85. The van der Waals surface area contributed by atoms with E-state index in [1.807, 2.05) is 0 Å². The maximum atomic E-state index is 12.8. The molecule has 0 bridgehead atoms. The van der Waals surface area contributed by atoms with Crippen molar-refractivity contribution in [3.05, 3.63) is 12.2 Å². The molecule has 6 heteroatoms. The molecule has 0 aromatic rings. The van der Waals surface area contributed by atoms with E-state index >= 15 is 0 Å². The van der Waals surface area contributed by atoms with Crippen LogP contribution in [0.15, 0.2) is 12.2 Å². The highest BCUT2D eigenvalue weighted by Gasteiger charge is 2.60. The van der Waals surface area contributed by atoms with Crippen LogP contribution in [0.4, 0.5) is 0 Å². The van der Waals surface area contributed by atoms with Crippen molar-refractivity contribution < 1.29 is 19.1 Å². The van der Waals surface area contributed by atoms with Gasteiger partial charge in [-0.25, -0.2) is 0 Å². The summed E-state index contributed by atoms with van der Waals surface area (Å²) in [5.74, 6) is 4.66. The molecule has 0 aromatic heterocycles. The first-order valence-corrected chi connectivity index (χ1v) is 23.5. The van der Waals surface area contributed by atoms with Crippen molar-refractivity contribution in [2.75, 3.05) is 13.1 Å². The Morgan fingerprint density at radius 3 is 2.02 bits per heavy atom. The van der Waals surface area contributed by atoms with Crippen LogP contribution in [0, 0.1) is 46.3 Å². The zero-order valence-electron chi connectivity index (χ0n) is 35.8. The Kier molecular flexibility index (Phi) is 19.4. The van der Waals surface area contributed by atoms with Crippen LogP contribution in [0.25, 0.3) is 0 Å². The summed E-state index contributed by atoms with van der Waals surface area (Å²) < 4.78 is 6.12. The maximum absolute atomic E-state index is 12.8. The molecule has 4 aliphatic carbocycles. The molecule has 0 saturated heterocycles. The molecule has 5 unspecified atom stereocenters. The summed E-state index contributed by atoms with van der Waals surface area (Å²) in [5, 5.41) is 6.06. The average molecular weight is 753 g/mol. The number of unbranched alkanes of at least 4 members (excludes halogenated alkanes) is 12. The standard InChI is InChI=1S/C48H84N2O4/c1-6-8-10-12-14-15-17-18-20-22-44(51)49-34-35-50-45(52)29-24-37(3)41-27-28-42-40-26-25-38-36-39(54-46(53)23-21-19-16-13-11-9-7-2)30-32-47(38,4)43(40)31-33-48(41,42)5/h6,8,37-43H,7,9-36H2,1-5H3,(H,49,51)(H,50,52)/b8-6+/t37?,38?,39-,40-,41+,42-,43?,47?,48?/m0/s1. The van der Waals surface area contributed by atoms with Crippen molar-refractivity contribution in [2.45, 2.75) is 214 Å². The third-order valence-corrected chi connectivity index (χ3v) is 15.5. The van der Waals surface area contributed by atoms with E-state index in [0.717, 1.165) is 62.7 Å². The molecule has 4 fully saturated rings. The van der Waals surface area contributed by atoms with E-state index in [1.165, 1.54) is 109 Å². The predicted molar refractivity (Wildman–Crippen MR) is 224 cm³/mol. The molecular weight excluding hydrogens is 669 g/mol. The summed E-state index contributed by atoms with van der Waals surface area (Å²) in [6.45, 7) is 13.0. The summed E-state index contributed by atoms with van der Waals surface area (Å²) in [6.07, 6.45) is 35.4. The van der Waals surface area contributed by atoms with Gasteiger partial charge in [-0.15, -0.1) is 0 Å². The smallest absolute Gasteiger partial charge is 0.306 e. The number of rotatable bonds is 25. The molecular formula is C48H84N2O4. The van der Waals surface area contributed by atoms with Gasteiger partial charge in [0, 0.05) is 32.4 Å². The van der Waals surface area contributed by atoms with Gasteiger partial charge in [0.25, 0.3) is 0 Å². The number of allylic oxidation sites excluding steroid dienone is 2. The number of nitrogens with one attached hydrogen (secondary N) is 2. The first kappa shape index (κ1) is 44.9. The number of hydrogen-bond acceptors (Lipinski definition) is 4. The van der Waals surface area contributed by atoms with E-state index in [9.17, 15) is 14.4 Å². The zero-order valence-corrected chi connectivity index (χ0v) is 35.8. The molecule has 4 aliphatic rings. The van der Waals surface area contributed by atoms with Crippen LogP contribution in [-0.4, -0.2) is 37.0 Å². The van der Waals surface area contributed by atoms with E-state index < -0.39 is 0 Å². The number of hydrogen-bond donors (Lipinski definition) is 2. The highest BCUT2D eigenvalue weighted by atomic mass is 16.5. The minimum atomic E-state index is 0.0462. The Bertz CT molecular complexity index is 1150. The van der Waals surface area contributed by atoms with Gasteiger partial charge in [0.2, 0.25) is 11.8 Å². The van der Waals surface area contributed by atoms with Crippen LogP contribution in [-0.2, 0) is 19.1 Å². The largest absolute Gasteiger partial charge is 0.462 e. The summed E-state index contributed by atoms with van der Waals surface area (Å²) >= 11 is 0. The number of ether oxygens (including phenoxy) is 1. The Morgan fingerprint density at radius 1 is 0.704 bits per heavy atom. The summed E-state index contributed by atoms with van der Waals surface area (Å²) in [6, 6.07) is 0. The second-order valence-corrected chi connectivity index (χ2v) is 19.1. The van der Waals surface area contributed by atoms with E-state index in [4.69, 9.17) is 4.74 Å². The normalized spacial score (nSPS) is 31.0. The van der Waals surface area contributed by atoms with Gasteiger partial charge < -0.3 is 15.4 Å². The lowest BCUT2D eigenvalue weighted by Gasteiger charge is -2.61. The molecule has 4 rings (SSSR count). The molecule has 0 radical (unpaired) electrons. The second kappa shape index (κ2) is 23.4. The lowest BCUT2D eigenvalue weighted by atomic mass is 9.44. The first-order valence-electron chi connectivity index (χ1n) is 23.5. The summed E-state index contributed by atoms with van der Waals surface area (Å²) in [4.78, 5) is 37.8. The number of esters is 1. The monoisotopic (exact) mass is 753 g/mol. The molecule has 6 nitrogen and oxygen atoms in total. The Labute approximate surface area is 332 Å². The minimum Gasteiger partial charge on any atom is -0.462 e. The van der Waals surface area contributed by atoms with Crippen LogP contribution in [0.5, 0.6) is 0 Å². The minimum absolute atomic E-state index is 0.0462. The number of carbonyl (C=O) groups excluding carboxylic acids is 3. The van der Waals surface area contributed by atoms with Gasteiger partial charge in [0.15, 0.2) is 0 Å². The fourth-order valence-electron chi connectivity index (χ4n) is 12.3. The van der Waals surface area contributed by atoms with Crippen LogP contribution < -0.4 is 10.6 Å². The number of amides is 2. The lowest BCUT2D eigenvalue weighted by molar-refractivity contribution is -0.162. The molecule has 0 spiro atoms. The van der Waals surface area contributed by atoms with Crippen molar-refractivity contribution >= 4 is 17.8 Å². The highest BCUT2D eigenvalue weighted by molar-refractivity contribution is 5.77. The van der Waals surface area contributed by atoms with Crippen molar-refractivity contribution in [3.8, 4) is 0 Å². The highest BCUT2D eigenvalue weighted by Crippen LogP contribution is 2.68. The van der Waals surface area contributed by atoms with E-state index in [2.05, 4.69) is 57.4 Å². The van der Waals surface area contributed by atoms with Crippen molar-refractivity contribution in [1.82, 2.24) is 10.6 Å². The number of carbonyl (C=O) groups is 3. The van der Waals surface area contributed by atoms with E-state index in [0.29, 0.717) is 60.9 Å². The zero-order chi connectivity index (χ0) is 38.8. The van der Waals surface area contributed by atoms with Gasteiger partial charge in [-0.2, -0.15) is 0 Å². The Morgan fingerprint density at radius 2 is 1.31 bits per heavy atom. The second-order valence-electron chi connectivity index (χ2n) is 19.1. The molecule has 9 atom stereocenters. The Balaban J connectivity index is 1.10. The van der Waals surface area contributed by atoms with Gasteiger partial charge >= 0.3 is 5.97 Å². The quantitative estimate of drug-likeness (QED) is 0.0552. The fraction of sp³-hybridized carbons (Fsp3) is 0.896. The molecule has 54 heavy (non-hydrogen) atoms. The topological polar surface area (TPSA) is 84.5 Å². The molecule has 0 aliphatic heterocycles. The van der Waals surface area contributed by atoms with Crippen molar-refractivity contribution in [3.63, 3.8) is 0 Å². The van der Waals surface area contributed by atoms with Crippen LogP contribution in [0.2, 0.25) is 0 Å². The van der Waals surface area contributed by atoms with Crippen LogP contribution >= 0.6 is 0 Å². The summed E-state index contributed by atoms with van der Waals surface area (Å²) in [7, 11) is 0. The molecule has 0 heterocycles. The summed E-state index contributed by atoms with van der Waals surface area (Å²) in [5.41, 5.74) is 0.776. The van der Waals surface area contributed by atoms with Gasteiger partial charge in [-0.05, 0) is 143 Å². The van der Waals surface area contributed by atoms with Crippen molar-refractivity contribution in [2.24, 2.45) is 46.3 Å². The molecule has 310 valence electrons. The van der Waals surface area contributed by atoms with Gasteiger partial charge in [-0.3, -0.25) is 14.4 Å². The maximum Gasteiger partial charge on any atom is 0.306 e. The van der Waals surface area contributed by atoms with Gasteiger partial charge in [0.1, 0.15) is 6.10 Å². The van der Waals surface area contributed by atoms with E-state index in [-0.39, 0.29) is 23.9 Å². The first-order chi connectivity index (χ1) is 26.1. The molecule has 2 amide bonds. The van der Waals surface area contributed by atoms with Crippen LogP contribution in [0.3, 0.4) is 0 Å². The van der Waals surface area contributed by atoms with E-state index in [1.54, 1.807) is 0 Å². The van der Waals surface area contributed by atoms with Crippen LogP contribution in [0.1, 0.15) is 208 Å². The lowest BCUT2D eigenvalue weighted by Crippen LogP contribution is -2.54. The molecule has 4 saturated carbocycles. The SMILES string of the molecule is C/C=C/CCCCCCCCC(=O)NCCNC(=O)CCC(C)[C@H]1CC[C@H]2[C@@H]3CCC4C[C@@H](OC(=O)CCCCCCCCC)CCC4(C)C3CCC12C. The average Bonchev–Trinajstić information content (AvgIpc) is 3.52.